The zero-order valence-electron chi connectivity index (χ0n) is 19.5. The van der Waals surface area contributed by atoms with Crippen LogP contribution in [0.2, 0.25) is 0 Å². The van der Waals surface area contributed by atoms with Gasteiger partial charge in [0.1, 0.15) is 7.05 Å². The van der Waals surface area contributed by atoms with E-state index in [9.17, 15) is 0 Å². The summed E-state index contributed by atoms with van der Waals surface area (Å²) in [6.07, 6.45) is 1.06. The maximum Gasteiger partial charge on any atom is 0.220 e. The topological polar surface area (TPSA) is 3.88 Å². The van der Waals surface area contributed by atoms with Crippen molar-refractivity contribution >= 4 is 10.8 Å². The second-order valence-electron chi connectivity index (χ2n) is 8.69. The number of aromatic nitrogens is 1. The Hall–Kier alpha value is -2.15. The van der Waals surface area contributed by atoms with Gasteiger partial charge in [0, 0.05) is 13.0 Å². The van der Waals surface area contributed by atoms with Crippen LogP contribution in [0.1, 0.15) is 54.3 Å². The van der Waals surface area contributed by atoms with Crippen molar-refractivity contribution in [3.05, 3.63) is 63.3 Å². The molecule has 0 aliphatic rings. The molecule has 0 radical (unpaired) electrons. The predicted octanol–water partition coefficient (Wildman–Crippen LogP) is 6.38. The van der Waals surface area contributed by atoms with Crippen LogP contribution in [-0.4, -0.2) is 0 Å². The van der Waals surface area contributed by atoms with Crippen molar-refractivity contribution in [3.8, 4) is 11.3 Å². The Balaban J connectivity index is 2.52. The summed E-state index contributed by atoms with van der Waals surface area (Å²) in [6.45, 7) is 17.6. The molecule has 0 bridgehead atoms. The Morgan fingerprint density at radius 2 is 1.56 bits per heavy atom. The van der Waals surface area contributed by atoms with Gasteiger partial charge in [0.15, 0.2) is 5.69 Å². The molecule has 0 aliphatic carbocycles. The highest BCUT2D eigenvalue weighted by Gasteiger charge is 2.23. The van der Waals surface area contributed by atoms with Crippen molar-refractivity contribution in [2.24, 2.45) is 13.0 Å². The molecule has 1 nitrogen and oxygen atoms in total. The van der Waals surface area contributed by atoms with Crippen molar-refractivity contribution in [1.82, 2.24) is 0 Å². The van der Waals surface area contributed by atoms with Crippen LogP contribution >= 0.6 is 0 Å². The van der Waals surface area contributed by atoms with E-state index in [2.05, 4.69) is 85.2 Å². The van der Waals surface area contributed by atoms with Crippen molar-refractivity contribution in [3.63, 3.8) is 0 Å². The van der Waals surface area contributed by atoms with Crippen LogP contribution in [0.15, 0.2) is 24.2 Å². The molecule has 0 spiro atoms. The number of hydrogen-bond acceptors (Lipinski definition) is 0. The second kappa shape index (κ2) is 7.11. The van der Waals surface area contributed by atoms with Gasteiger partial charge in [-0.3, -0.25) is 0 Å². The lowest BCUT2D eigenvalue weighted by atomic mass is 9.87. The van der Waals surface area contributed by atoms with E-state index in [0.29, 0.717) is 12.0 Å². The lowest BCUT2D eigenvalue weighted by Gasteiger charge is -2.18. The Bertz CT molecular complexity index is 1090. The minimum Gasteiger partial charge on any atom is -0.198 e. The molecule has 2 aromatic carbocycles. The molecule has 3 rings (SSSR count). The second-order valence-corrected chi connectivity index (χ2v) is 8.69. The number of benzene rings is 2. The van der Waals surface area contributed by atoms with Gasteiger partial charge in [0.2, 0.25) is 5.69 Å². The number of rotatable bonds is 3. The Labute approximate surface area is 166 Å². The van der Waals surface area contributed by atoms with E-state index in [1.54, 1.807) is 0 Å². The zero-order chi connectivity index (χ0) is 20.9. The summed E-state index contributed by atoms with van der Waals surface area (Å²) in [5.74, 6) is 0.603. The Morgan fingerprint density at radius 3 is 2.19 bits per heavy atom. The number of pyridine rings is 1. The molecule has 0 saturated heterocycles. The number of aryl methyl sites for hydroxylation is 4. The first-order valence-electron chi connectivity index (χ1n) is 10.5. The zero-order valence-corrected chi connectivity index (χ0v) is 18.5. The molecule has 0 saturated carbocycles. The molecule has 1 heterocycles. The SMILES string of the molecule is [2H]c1c(C)[n+](C)c(-c2cc(C)cc(C)c2C)c2cc(C)c(CC(C)C)c(C)c12. The summed E-state index contributed by atoms with van der Waals surface area (Å²) in [4.78, 5) is 0. The molecule has 27 heavy (non-hydrogen) atoms. The fourth-order valence-electron chi connectivity index (χ4n) is 4.32. The lowest BCUT2D eigenvalue weighted by Crippen LogP contribution is -2.35. The maximum absolute atomic E-state index is 8.90. The molecule has 1 heteroatoms. The summed E-state index contributed by atoms with van der Waals surface area (Å²) in [5, 5.41) is 2.32. The average molecular weight is 362 g/mol. The Morgan fingerprint density at radius 1 is 0.889 bits per heavy atom. The summed E-state index contributed by atoms with van der Waals surface area (Å²) in [5.41, 5.74) is 11.5. The van der Waals surface area contributed by atoms with Crippen LogP contribution in [0.25, 0.3) is 22.0 Å². The highest BCUT2D eigenvalue weighted by atomic mass is 14.9. The van der Waals surface area contributed by atoms with Crippen LogP contribution in [0.5, 0.6) is 0 Å². The van der Waals surface area contributed by atoms with Crippen molar-refractivity contribution in [1.29, 1.82) is 0 Å². The van der Waals surface area contributed by atoms with E-state index in [1.807, 2.05) is 0 Å². The Kier molecular flexibility index (Phi) is 4.80. The van der Waals surface area contributed by atoms with Crippen molar-refractivity contribution in [2.45, 2.75) is 61.8 Å². The summed E-state index contributed by atoms with van der Waals surface area (Å²) in [6, 6.07) is 7.53. The van der Waals surface area contributed by atoms with Gasteiger partial charge in [0.25, 0.3) is 0 Å². The molecule has 0 unspecified atom stereocenters. The first kappa shape index (κ1) is 18.2. The van der Waals surface area contributed by atoms with Gasteiger partial charge in [-0.25, -0.2) is 0 Å². The number of fused-ring (bicyclic) bond motifs is 1. The van der Waals surface area contributed by atoms with Gasteiger partial charge in [-0.05, 0) is 92.3 Å². The predicted molar refractivity (Wildman–Crippen MR) is 118 cm³/mol. The maximum atomic E-state index is 8.90. The van der Waals surface area contributed by atoms with Gasteiger partial charge < -0.3 is 0 Å². The molecule has 0 atom stereocenters. The molecule has 3 aromatic rings. The van der Waals surface area contributed by atoms with Gasteiger partial charge in [-0.1, -0.05) is 25.5 Å². The van der Waals surface area contributed by atoms with Crippen LogP contribution in [-0.2, 0) is 13.5 Å². The molecule has 1 aromatic heterocycles. The summed E-state index contributed by atoms with van der Waals surface area (Å²) < 4.78 is 11.1. The third-order valence-electron chi connectivity index (χ3n) is 6.01. The van der Waals surface area contributed by atoms with E-state index in [4.69, 9.17) is 1.37 Å². The minimum atomic E-state index is 0.603. The third kappa shape index (κ3) is 3.40. The smallest absolute Gasteiger partial charge is 0.198 e. The quantitative estimate of drug-likeness (QED) is 0.477. The first-order valence-corrected chi connectivity index (χ1v) is 10.0. The molecular formula is C26H34N+. The molecular weight excluding hydrogens is 326 g/mol. The van der Waals surface area contributed by atoms with E-state index < -0.39 is 0 Å². The van der Waals surface area contributed by atoms with E-state index in [1.165, 1.54) is 50.0 Å². The number of nitrogens with zero attached hydrogens (tertiary/aromatic N) is 1. The molecule has 0 amide bonds. The minimum absolute atomic E-state index is 0.603. The summed E-state index contributed by atoms with van der Waals surface area (Å²) in [7, 11) is 2.10. The highest BCUT2D eigenvalue weighted by Crippen LogP contribution is 2.35. The standard InChI is InChI=1S/C26H34N/c1-15(2)10-22-18(5)13-25-23(21(22)8)14-19(6)27(9)26(25)24-12-16(3)11-17(4)20(24)7/h11-15H,10H2,1-9H3/q+1/i14D. The fourth-order valence-corrected chi connectivity index (χ4v) is 4.32. The van der Waals surface area contributed by atoms with Crippen LogP contribution in [0.4, 0.5) is 0 Å². The van der Waals surface area contributed by atoms with Gasteiger partial charge in [-0.2, -0.15) is 4.57 Å². The average Bonchev–Trinajstić information content (AvgIpc) is 2.60. The molecule has 0 fully saturated rings. The molecule has 142 valence electrons. The largest absolute Gasteiger partial charge is 0.220 e. The van der Waals surface area contributed by atoms with Gasteiger partial charge >= 0.3 is 0 Å². The van der Waals surface area contributed by atoms with Crippen molar-refractivity contribution in [2.75, 3.05) is 0 Å². The van der Waals surface area contributed by atoms with E-state index >= 15 is 0 Å². The summed E-state index contributed by atoms with van der Waals surface area (Å²) >= 11 is 0. The monoisotopic (exact) mass is 361 g/mol. The van der Waals surface area contributed by atoms with Gasteiger partial charge in [-0.15, -0.1) is 0 Å². The lowest BCUT2D eigenvalue weighted by molar-refractivity contribution is -0.665. The third-order valence-corrected chi connectivity index (χ3v) is 6.01. The highest BCUT2D eigenvalue weighted by molar-refractivity contribution is 5.97. The van der Waals surface area contributed by atoms with E-state index in [0.717, 1.165) is 17.5 Å². The fraction of sp³-hybridized carbons (Fsp3) is 0.423. The van der Waals surface area contributed by atoms with Crippen LogP contribution in [0, 0.1) is 47.5 Å². The van der Waals surface area contributed by atoms with Crippen molar-refractivity contribution < 1.29 is 5.94 Å². The van der Waals surface area contributed by atoms with Crippen LogP contribution in [0.3, 0.4) is 0 Å². The van der Waals surface area contributed by atoms with E-state index in [-0.39, 0.29) is 0 Å². The molecule has 0 N–H and O–H groups in total. The first-order chi connectivity index (χ1) is 13.0. The van der Waals surface area contributed by atoms with Gasteiger partial charge in [0.05, 0.1) is 12.3 Å². The normalized spacial score (nSPS) is 12.1. The number of hydrogen-bond donors (Lipinski definition) is 0. The van der Waals surface area contributed by atoms with Crippen LogP contribution < -0.4 is 4.57 Å². The molecule has 0 aliphatic heterocycles.